The minimum atomic E-state index is -0.365. The van der Waals surface area contributed by atoms with Gasteiger partial charge < -0.3 is 30.3 Å². The number of morpholine rings is 1. The number of anilines is 5. The molecule has 3 aromatic carbocycles. The summed E-state index contributed by atoms with van der Waals surface area (Å²) in [5, 5.41) is 11.1. The van der Waals surface area contributed by atoms with Crippen molar-refractivity contribution in [1.82, 2.24) is 19.4 Å². The van der Waals surface area contributed by atoms with Gasteiger partial charge in [0.2, 0.25) is 5.95 Å². The van der Waals surface area contributed by atoms with Crippen LogP contribution in [0.3, 0.4) is 0 Å². The fourth-order valence-corrected chi connectivity index (χ4v) is 5.94. The Morgan fingerprint density at radius 3 is 2.49 bits per heavy atom. The van der Waals surface area contributed by atoms with Crippen LogP contribution in [0.15, 0.2) is 96.6 Å². The molecule has 0 bridgehead atoms. The van der Waals surface area contributed by atoms with Crippen LogP contribution in [0, 0.1) is 0 Å². The molecule has 226 valence electrons. The number of thiazole rings is 1. The first kappa shape index (κ1) is 28.3. The standard InChI is InChI=1S/C33H30N8O3S/c1-43-27-7-3-6-25(21-27)37-32(42)36-24-5-2-4-22(20-24)29-30(41-16-19-45-33(41)39-29)28-12-13-34-31(38-28)35-23-8-10-26(11-9-23)40-14-17-44-18-15-40/h2-13,16,19-21H,14-15,17-18H2,1H3,(H,34,35,38)(H2,36,37,42). The molecule has 12 heteroatoms. The number of benzene rings is 3. The number of urea groups is 1. The van der Waals surface area contributed by atoms with Gasteiger partial charge in [-0.2, -0.15) is 0 Å². The number of imidazole rings is 1. The number of methoxy groups -OCH3 is 1. The molecule has 1 saturated heterocycles. The number of carbonyl (C=O) groups excluding carboxylic acids is 1. The maximum absolute atomic E-state index is 12.8. The van der Waals surface area contributed by atoms with E-state index >= 15 is 0 Å². The molecular weight excluding hydrogens is 588 g/mol. The number of ether oxygens (including phenoxy) is 2. The number of fused-ring (bicyclic) bond motifs is 1. The Morgan fingerprint density at radius 1 is 0.911 bits per heavy atom. The number of nitrogens with one attached hydrogen (secondary N) is 3. The molecule has 1 aliphatic rings. The van der Waals surface area contributed by atoms with Crippen LogP contribution in [0.25, 0.3) is 27.6 Å². The predicted octanol–water partition coefficient (Wildman–Crippen LogP) is 6.75. The lowest BCUT2D eigenvalue weighted by Gasteiger charge is -2.28. The lowest BCUT2D eigenvalue weighted by atomic mass is 10.1. The Morgan fingerprint density at radius 2 is 1.69 bits per heavy atom. The van der Waals surface area contributed by atoms with E-state index in [1.807, 2.05) is 70.6 Å². The summed E-state index contributed by atoms with van der Waals surface area (Å²) in [5.41, 5.74) is 6.44. The van der Waals surface area contributed by atoms with Gasteiger partial charge in [0.25, 0.3) is 0 Å². The van der Waals surface area contributed by atoms with Crippen molar-refractivity contribution < 1.29 is 14.3 Å². The first-order valence-electron chi connectivity index (χ1n) is 14.4. The van der Waals surface area contributed by atoms with Gasteiger partial charge in [-0.15, -0.1) is 11.3 Å². The second-order valence-corrected chi connectivity index (χ2v) is 11.2. The van der Waals surface area contributed by atoms with Crippen molar-refractivity contribution in [3.8, 4) is 28.4 Å². The SMILES string of the molecule is COc1cccc(NC(=O)Nc2cccc(-c3nc4sccn4c3-c3ccnc(Nc4ccc(N5CCOCC5)cc4)n3)c2)c1. The van der Waals surface area contributed by atoms with Crippen molar-refractivity contribution in [3.63, 3.8) is 0 Å². The van der Waals surface area contributed by atoms with E-state index in [1.54, 1.807) is 36.8 Å². The third-order valence-electron chi connectivity index (χ3n) is 7.38. The molecule has 0 radical (unpaired) electrons. The van der Waals surface area contributed by atoms with Gasteiger partial charge in [-0.05, 0) is 54.6 Å². The first-order valence-corrected chi connectivity index (χ1v) is 15.3. The Kier molecular flexibility index (Phi) is 7.96. The highest BCUT2D eigenvalue weighted by atomic mass is 32.1. The summed E-state index contributed by atoms with van der Waals surface area (Å²) in [6.45, 7) is 3.26. The van der Waals surface area contributed by atoms with E-state index < -0.39 is 0 Å². The van der Waals surface area contributed by atoms with Gasteiger partial charge in [-0.3, -0.25) is 4.40 Å². The molecule has 0 spiro atoms. The maximum Gasteiger partial charge on any atom is 0.323 e. The first-order chi connectivity index (χ1) is 22.1. The lowest BCUT2D eigenvalue weighted by molar-refractivity contribution is 0.122. The van der Waals surface area contributed by atoms with Crippen molar-refractivity contribution in [2.45, 2.75) is 0 Å². The van der Waals surface area contributed by atoms with Gasteiger partial charge in [-0.1, -0.05) is 18.2 Å². The van der Waals surface area contributed by atoms with Crippen molar-refractivity contribution >= 4 is 51.0 Å². The third-order valence-corrected chi connectivity index (χ3v) is 8.14. The van der Waals surface area contributed by atoms with Crippen molar-refractivity contribution in [2.75, 3.05) is 54.3 Å². The summed E-state index contributed by atoms with van der Waals surface area (Å²) in [6, 6.07) is 24.6. The molecule has 0 atom stereocenters. The largest absolute Gasteiger partial charge is 0.497 e. The summed E-state index contributed by atoms with van der Waals surface area (Å²) < 4.78 is 12.7. The third kappa shape index (κ3) is 6.28. The van der Waals surface area contributed by atoms with Crippen molar-refractivity contribution in [3.05, 3.63) is 96.6 Å². The maximum atomic E-state index is 12.8. The van der Waals surface area contributed by atoms with E-state index in [2.05, 4.69) is 38.0 Å². The molecule has 6 aromatic rings. The lowest BCUT2D eigenvalue weighted by Crippen LogP contribution is -2.36. The fraction of sp³-hybridized carbons (Fsp3) is 0.152. The molecule has 45 heavy (non-hydrogen) atoms. The number of hydrogen-bond acceptors (Lipinski definition) is 9. The number of aromatic nitrogens is 4. The highest BCUT2D eigenvalue weighted by molar-refractivity contribution is 7.15. The zero-order valence-electron chi connectivity index (χ0n) is 24.4. The summed E-state index contributed by atoms with van der Waals surface area (Å²) in [7, 11) is 1.59. The zero-order chi connectivity index (χ0) is 30.6. The van der Waals surface area contributed by atoms with Gasteiger partial charge in [0.15, 0.2) is 4.96 Å². The molecule has 11 nitrogen and oxygen atoms in total. The monoisotopic (exact) mass is 618 g/mol. The highest BCUT2D eigenvalue weighted by Gasteiger charge is 2.19. The van der Waals surface area contributed by atoms with Gasteiger partial charge in [-0.25, -0.2) is 19.7 Å². The van der Waals surface area contributed by atoms with Crippen LogP contribution in [0.2, 0.25) is 0 Å². The Hall–Kier alpha value is -5.46. The molecule has 1 fully saturated rings. The average Bonchev–Trinajstić information content (AvgIpc) is 3.68. The molecule has 0 unspecified atom stereocenters. The van der Waals surface area contributed by atoms with Gasteiger partial charge in [0.1, 0.15) is 11.4 Å². The number of hydrogen-bond donors (Lipinski definition) is 3. The minimum Gasteiger partial charge on any atom is -0.497 e. The summed E-state index contributed by atoms with van der Waals surface area (Å²) in [5.74, 6) is 1.14. The smallest absolute Gasteiger partial charge is 0.323 e. The summed E-state index contributed by atoms with van der Waals surface area (Å²) >= 11 is 1.54. The molecule has 7 rings (SSSR count). The normalized spacial score (nSPS) is 13.0. The highest BCUT2D eigenvalue weighted by Crippen LogP contribution is 2.35. The van der Waals surface area contributed by atoms with Crippen molar-refractivity contribution in [1.29, 1.82) is 0 Å². The Balaban J connectivity index is 1.13. The minimum absolute atomic E-state index is 0.365. The molecule has 4 heterocycles. The number of rotatable bonds is 8. The van der Waals surface area contributed by atoms with Crippen LogP contribution >= 0.6 is 11.3 Å². The molecule has 0 saturated carbocycles. The van der Waals surface area contributed by atoms with E-state index in [-0.39, 0.29) is 6.03 Å². The Labute approximate surface area is 263 Å². The van der Waals surface area contributed by atoms with E-state index in [0.29, 0.717) is 28.8 Å². The van der Waals surface area contributed by atoms with Crippen LogP contribution in [0.1, 0.15) is 0 Å². The van der Waals surface area contributed by atoms with Gasteiger partial charge in [0.05, 0.1) is 31.7 Å². The molecule has 2 amide bonds. The molecule has 3 aromatic heterocycles. The summed E-state index contributed by atoms with van der Waals surface area (Å²) in [4.78, 5) is 30.2. The van der Waals surface area contributed by atoms with Gasteiger partial charge >= 0.3 is 6.03 Å². The quantitative estimate of drug-likeness (QED) is 0.171. The molecule has 1 aliphatic heterocycles. The van der Waals surface area contributed by atoms with Crippen LogP contribution < -0.4 is 25.6 Å². The van der Waals surface area contributed by atoms with E-state index in [0.717, 1.165) is 59.6 Å². The zero-order valence-corrected chi connectivity index (χ0v) is 25.3. The van der Waals surface area contributed by atoms with Gasteiger partial charge in [0, 0.05) is 65.2 Å². The molecule has 3 N–H and O–H groups in total. The van der Waals surface area contributed by atoms with E-state index in [9.17, 15) is 4.79 Å². The number of amides is 2. The van der Waals surface area contributed by atoms with Crippen LogP contribution in [-0.2, 0) is 4.74 Å². The molecular formula is C33H30N8O3S. The van der Waals surface area contributed by atoms with E-state index in [4.69, 9.17) is 19.4 Å². The number of nitrogens with zero attached hydrogens (tertiary/aromatic N) is 5. The second-order valence-electron chi connectivity index (χ2n) is 10.3. The average molecular weight is 619 g/mol. The Bertz CT molecular complexity index is 1950. The second kappa shape index (κ2) is 12.6. The number of carbonyl (C=O) groups is 1. The summed E-state index contributed by atoms with van der Waals surface area (Å²) in [6.07, 6.45) is 3.72. The predicted molar refractivity (Wildman–Crippen MR) is 178 cm³/mol. The fourth-order valence-electron chi connectivity index (χ4n) is 5.23. The topological polar surface area (TPSA) is 118 Å². The molecule has 0 aliphatic carbocycles. The van der Waals surface area contributed by atoms with Crippen LogP contribution in [-0.4, -0.2) is 58.8 Å². The van der Waals surface area contributed by atoms with Crippen LogP contribution in [0.4, 0.5) is 33.5 Å². The van der Waals surface area contributed by atoms with Crippen LogP contribution in [0.5, 0.6) is 5.75 Å². The van der Waals surface area contributed by atoms with E-state index in [1.165, 1.54) is 0 Å². The van der Waals surface area contributed by atoms with Crippen molar-refractivity contribution in [2.24, 2.45) is 0 Å².